The van der Waals surface area contributed by atoms with Crippen molar-refractivity contribution in [2.24, 2.45) is 5.92 Å². The van der Waals surface area contributed by atoms with Gasteiger partial charge in [0.05, 0.1) is 19.3 Å². The molecule has 0 amide bonds. The van der Waals surface area contributed by atoms with Crippen LogP contribution in [0.3, 0.4) is 0 Å². The number of carbonyl (C=O) groups is 2. The number of esters is 2. The Morgan fingerprint density at radius 2 is 1.32 bits per heavy atom. The van der Waals surface area contributed by atoms with E-state index in [1.54, 1.807) is 0 Å². The molecule has 2 rings (SSSR count). The summed E-state index contributed by atoms with van der Waals surface area (Å²) < 4.78 is 56.6. The number of aliphatic hydroxyl groups is 3. The summed E-state index contributed by atoms with van der Waals surface area (Å²) in [4.78, 5) is 61.8. The monoisotopic (exact) mass is 1020 g/mol. The molecule has 8 atom stereocenters. The molecule has 0 spiro atoms. The molecule has 1 aliphatic rings. The van der Waals surface area contributed by atoms with Crippen molar-refractivity contribution in [3.63, 3.8) is 0 Å². The Hall–Kier alpha value is -3.32. The molecule has 0 saturated carbocycles. The number of ether oxygens (including phenoxy) is 3. The van der Waals surface area contributed by atoms with Gasteiger partial charge < -0.3 is 45.1 Å². The summed E-state index contributed by atoms with van der Waals surface area (Å²) in [5, 5.41) is 30.5. The molecule has 1 aliphatic heterocycles. The van der Waals surface area contributed by atoms with Crippen LogP contribution in [0.1, 0.15) is 162 Å². The van der Waals surface area contributed by atoms with Crippen molar-refractivity contribution < 1.29 is 71.4 Å². The van der Waals surface area contributed by atoms with Crippen LogP contribution in [0.4, 0.5) is 5.82 Å². The molecule has 2 unspecified atom stereocenters. The van der Waals surface area contributed by atoms with Gasteiger partial charge in [-0.25, -0.2) is 13.9 Å². The lowest BCUT2D eigenvalue weighted by molar-refractivity contribution is -0.161. The van der Waals surface area contributed by atoms with Crippen LogP contribution < -0.4 is 11.4 Å². The van der Waals surface area contributed by atoms with Crippen molar-refractivity contribution in [1.29, 1.82) is 0 Å². The Morgan fingerprint density at radius 1 is 0.768 bits per heavy atom. The van der Waals surface area contributed by atoms with Gasteiger partial charge in [-0.3, -0.25) is 23.2 Å². The summed E-state index contributed by atoms with van der Waals surface area (Å²) in [5.41, 5.74) is 4.57. The SMILES string of the molecule is CC[C@@H](O)CC/C=C\C/C=C\C/C=C\C/C=C\CCCC(=O)O[C@H](COC(=O)CCCCCCCCCCCCC(C)C)COP(=O)(O)OP(=O)(O)OC[C@H]1O[C@@H](n2ccc(N)nc2=O)[C@H](O)[C@@H]1O. The van der Waals surface area contributed by atoms with Crippen LogP contribution in [-0.2, 0) is 46.3 Å². The van der Waals surface area contributed by atoms with Crippen LogP contribution in [0.15, 0.2) is 65.7 Å². The molecule has 1 aromatic rings. The van der Waals surface area contributed by atoms with Crippen LogP contribution in [0, 0.1) is 5.92 Å². The van der Waals surface area contributed by atoms with Crippen LogP contribution in [0.25, 0.3) is 0 Å². The number of hydrogen-bond acceptors (Lipinski definition) is 16. The lowest BCUT2D eigenvalue weighted by atomic mass is 10.0. The van der Waals surface area contributed by atoms with E-state index in [0.29, 0.717) is 25.7 Å². The van der Waals surface area contributed by atoms with E-state index in [4.69, 9.17) is 29.0 Å². The molecule has 1 saturated heterocycles. The van der Waals surface area contributed by atoms with Crippen LogP contribution in [0.2, 0.25) is 0 Å². The fourth-order valence-corrected chi connectivity index (χ4v) is 9.11. The summed E-state index contributed by atoms with van der Waals surface area (Å²) in [6, 6.07) is 1.24. The number of aliphatic hydroxyl groups excluding tert-OH is 3. The lowest BCUT2D eigenvalue weighted by Crippen LogP contribution is -2.36. The lowest BCUT2D eigenvalue weighted by Gasteiger charge is -2.21. The van der Waals surface area contributed by atoms with Crippen molar-refractivity contribution in [1.82, 2.24) is 9.55 Å². The third-order valence-corrected chi connectivity index (χ3v) is 13.6. The number of phosphoric ester groups is 2. The van der Waals surface area contributed by atoms with Gasteiger partial charge in [-0.05, 0) is 69.8 Å². The Labute approximate surface area is 408 Å². The molecule has 394 valence electrons. The second-order valence-corrected chi connectivity index (χ2v) is 20.6. The van der Waals surface area contributed by atoms with Gasteiger partial charge in [0.15, 0.2) is 12.3 Å². The number of carbonyl (C=O) groups excluding carboxylic acids is 2. The first-order valence-electron chi connectivity index (χ1n) is 24.6. The van der Waals surface area contributed by atoms with E-state index < -0.39 is 83.7 Å². The van der Waals surface area contributed by atoms with Gasteiger partial charge in [0.2, 0.25) is 0 Å². The smallest absolute Gasteiger partial charge is 0.462 e. The second-order valence-electron chi connectivity index (χ2n) is 17.6. The number of anilines is 1. The second kappa shape index (κ2) is 35.7. The zero-order valence-electron chi connectivity index (χ0n) is 40.9. The Morgan fingerprint density at radius 3 is 1.91 bits per heavy atom. The number of nitrogens with zero attached hydrogens (tertiary/aromatic N) is 2. The molecule has 0 aliphatic carbocycles. The number of allylic oxidation sites excluding steroid dienone is 8. The summed E-state index contributed by atoms with van der Waals surface area (Å²) in [7, 11) is -10.9. The van der Waals surface area contributed by atoms with Crippen molar-refractivity contribution in [3.8, 4) is 0 Å². The molecule has 69 heavy (non-hydrogen) atoms. The van der Waals surface area contributed by atoms with Crippen molar-refractivity contribution in [3.05, 3.63) is 71.4 Å². The summed E-state index contributed by atoms with van der Waals surface area (Å²) in [6.45, 7) is 4.09. The number of aromatic nitrogens is 2. The maximum atomic E-state index is 12.8. The van der Waals surface area contributed by atoms with Gasteiger partial charge in [-0.2, -0.15) is 9.29 Å². The van der Waals surface area contributed by atoms with Gasteiger partial charge in [0.25, 0.3) is 0 Å². The van der Waals surface area contributed by atoms with Crippen molar-refractivity contribution in [2.45, 2.75) is 192 Å². The third kappa shape index (κ3) is 29.6. The van der Waals surface area contributed by atoms with E-state index in [2.05, 4.69) is 53.5 Å². The number of unbranched alkanes of at least 4 members (excludes halogenated alkanes) is 10. The van der Waals surface area contributed by atoms with E-state index in [9.17, 15) is 48.6 Å². The molecule has 2 heterocycles. The quantitative estimate of drug-likeness (QED) is 0.0156. The average molecular weight is 1020 g/mol. The van der Waals surface area contributed by atoms with Gasteiger partial charge >= 0.3 is 33.3 Å². The maximum Gasteiger partial charge on any atom is 0.481 e. The maximum absolute atomic E-state index is 12.8. The predicted octanol–water partition coefficient (Wildman–Crippen LogP) is 8.60. The Bertz CT molecular complexity index is 1870. The van der Waals surface area contributed by atoms with Crippen LogP contribution >= 0.6 is 15.6 Å². The largest absolute Gasteiger partial charge is 0.481 e. The number of nitrogen functional groups attached to an aromatic ring is 1. The zero-order valence-corrected chi connectivity index (χ0v) is 42.7. The number of nitrogens with two attached hydrogens (primary N) is 1. The third-order valence-electron chi connectivity index (χ3n) is 11.0. The Kier molecular flexibility index (Phi) is 32.0. The molecule has 21 heteroatoms. The molecule has 1 aromatic heterocycles. The van der Waals surface area contributed by atoms with Gasteiger partial charge in [-0.1, -0.05) is 134 Å². The summed E-state index contributed by atoms with van der Waals surface area (Å²) in [6.07, 6.45) is 27.3. The normalized spacial score (nSPS) is 20.3. The van der Waals surface area contributed by atoms with E-state index in [-0.39, 0.29) is 24.8 Å². The molecule has 19 nitrogen and oxygen atoms in total. The highest BCUT2D eigenvalue weighted by atomic mass is 31.3. The molecule has 0 aromatic carbocycles. The topological polar surface area (TPSA) is 286 Å². The fourth-order valence-electron chi connectivity index (χ4n) is 7.00. The first-order valence-corrected chi connectivity index (χ1v) is 27.6. The highest BCUT2D eigenvalue weighted by Crippen LogP contribution is 2.60. The number of phosphoric acid groups is 2. The minimum Gasteiger partial charge on any atom is -0.462 e. The minimum atomic E-state index is -5.44. The van der Waals surface area contributed by atoms with E-state index in [1.165, 1.54) is 44.6 Å². The van der Waals surface area contributed by atoms with Crippen molar-refractivity contribution >= 4 is 33.4 Å². The molecular formula is C48H81N3O16P2. The highest BCUT2D eigenvalue weighted by Gasteiger charge is 2.46. The number of rotatable bonds is 39. The van der Waals surface area contributed by atoms with E-state index in [1.807, 2.05) is 25.2 Å². The average Bonchev–Trinajstić information content (AvgIpc) is 3.57. The molecule has 0 bridgehead atoms. The number of hydrogen-bond donors (Lipinski definition) is 6. The van der Waals surface area contributed by atoms with Crippen molar-refractivity contribution in [2.75, 3.05) is 25.6 Å². The van der Waals surface area contributed by atoms with Gasteiger partial charge in [-0.15, -0.1) is 0 Å². The summed E-state index contributed by atoms with van der Waals surface area (Å²) >= 11 is 0. The Balaban J connectivity index is 1.84. The first-order chi connectivity index (χ1) is 32.9. The van der Waals surface area contributed by atoms with E-state index in [0.717, 1.165) is 74.5 Å². The van der Waals surface area contributed by atoms with Crippen LogP contribution in [0.5, 0.6) is 0 Å². The molecular weight excluding hydrogens is 936 g/mol. The molecule has 1 fully saturated rings. The fraction of sp³-hybridized carbons (Fsp3) is 0.708. The molecule has 0 radical (unpaired) electrons. The summed E-state index contributed by atoms with van der Waals surface area (Å²) in [5.74, 6) is -0.639. The minimum absolute atomic E-state index is 0.0394. The van der Waals surface area contributed by atoms with Crippen LogP contribution in [-0.4, -0.2) is 96.9 Å². The zero-order chi connectivity index (χ0) is 50.9. The van der Waals surface area contributed by atoms with Gasteiger partial charge in [0, 0.05) is 19.0 Å². The highest BCUT2D eigenvalue weighted by molar-refractivity contribution is 7.61. The molecule has 7 N–H and O–H groups in total. The van der Waals surface area contributed by atoms with E-state index >= 15 is 0 Å². The van der Waals surface area contributed by atoms with Gasteiger partial charge in [0.1, 0.15) is 30.7 Å². The predicted molar refractivity (Wildman–Crippen MR) is 262 cm³/mol. The first kappa shape index (κ1) is 61.8. The standard InChI is InChI=1S/C48H81N3O16P2/c1-4-39(52)30-26-22-18-14-9-7-5-6-8-10-16-20-24-28-32-44(54)65-40(35-62-43(53)31-27-23-19-15-12-11-13-17-21-25-29-38(2)3)36-63-68(58,59)67-69(60,61)64-37-41-45(55)46(56)47(66-41)51-34-33-42(49)50-48(51)57/h6-9,16,18,20,22,33-34,38-41,45-47,52,55-56H,4-5,10-15,17,19,21,23-32,35-37H2,1-3H3,(H,58,59)(H,60,61)(H2,49,50,57)/b8-6-,9-7-,20-16-,22-18-/t39-,40-,41-,45-,46-,47-/m1/s1.